The van der Waals surface area contributed by atoms with Crippen LogP contribution < -0.4 is 32.7 Å². The second-order valence-electron chi connectivity index (χ2n) is 11.8. The van der Waals surface area contributed by atoms with Crippen LogP contribution in [0.1, 0.15) is 37.0 Å². The van der Waals surface area contributed by atoms with Gasteiger partial charge in [0.05, 0.1) is 12.6 Å². The quantitative estimate of drug-likeness (QED) is 0.113. The van der Waals surface area contributed by atoms with Crippen LogP contribution in [0.25, 0.3) is 0 Å². The van der Waals surface area contributed by atoms with Crippen LogP contribution in [0.15, 0.2) is 84.9 Å². The van der Waals surface area contributed by atoms with Crippen LogP contribution in [0.5, 0.6) is 5.75 Å². The molecule has 9 N–H and O–H groups in total. The Hall–Kier alpha value is -5.23. The van der Waals surface area contributed by atoms with Crippen molar-refractivity contribution >= 4 is 29.5 Å². The standard InChI is InChI=1S/C35H44N6O6/c1-22(2)17-28(32(37)44)39-31(43)21-38-34(46)29(19-23-9-5-3-6-10-23)41-35(47)30(20-24-11-7-4-8-12-24)40-33(45)27(36)18-25-13-15-26(42)16-14-25/h3-16,22,27-30,42H,17-21,36H2,1-2H3,(H2,37,44)(H,38,46)(H,39,43)(H,40,45)(H,41,47)/t27-,28-,29-,30-/m0/s1. The first-order valence-corrected chi connectivity index (χ1v) is 15.5. The number of nitrogens with two attached hydrogens (primary N) is 2. The lowest BCUT2D eigenvalue weighted by molar-refractivity contribution is -0.133. The Morgan fingerprint density at radius 2 is 1.13 bits per heavy atom. The van der Waals surface area contributed by atoms with Gasteiger partial charge >= 0.3 is 0 Å². The number of benzene rings is 3. The molecule has 0 unspecified atom stereocenters. The molecule has 3 aromatic carbocycles. The Morgan fingerprint density at radius 3 is 1.64 bits per heavy atom. The van der Waals surface area contributed by atoms with Crippen molar-refractivity contribution < 1.29 is 29.1 Å². The highest BCUT2D eigenvalue weighted by Crippen LogP contribution is 2.12. The lowest BCUT2D eigenvalue weighted by Gasteiger charge is -2.25. The average Bonchev–Trinajstić information content (AvgIpc) is 3.04. The molecule has 47 heavy (non-hydrogen) atoms. The first-order valence-electron chi connectivity index (χ1n) is 15.5. The summed E-state index contributed by atoms with van der Waals surface area (Å²) in [6, 6.07) is 20.3. The van der Waals surface area contributed by atoms with Crippen molar-refractivity contribution in [1.29, 1.82) is 0 Å². The summed E-state index contributed by atoms with van der Waals surface area (Å²) in [5.41, 5.74) is 13.9. The van der Waals surface area contributed by atoms with Crippen LogP contribution in [0.2, 0.25) is 0 Å². The minimum absolute atomic E-state index is 0.0853. The molecule has 0 saturated heterocycles. The highest BCUT2D eigenvalue weighted by molar-refractivity contribution is 5.95. The summed E-state index contributed by atoms with van der Waals surface area (Å²) in [5, 5.41) is 20.1. The molecule has 0 bridgehead atoms. The summed E-state index contributed by atoms with van der Waals surface area (Å²) >= 11 is 0. The lowest BCUT2D eigenvalue weighted by atomic mass is 10.0. The Bertz CT molecular complexity index is 1480. The zero-order valence-electron chi connectivity index (χ0n) is 26.6. The zero-order chi connectivity index (χ0) is 34.3. The number of carbonyl (C=O) groups is 5. The van der Waals surface area contributed by atoms with Crippen LogP contribution in [-0.4, -0.2) is 65.4 Å². The molecule has 3 aromatic rings. The molecule has 5 amide bonds. The van der Waals surface area contributed by atoms with Gasteiger partial charge in [0.15, 0.2) is 0 Å². The number of primary amides is 1. The molecule has 12 heteroatoms. The van der Waals surface area contributed by atoms with Crippen molar-refractivity contribution in [3.05, 3.63) is 102 Å². The normalized spacial score (nSPS) is 13.4. The summed E-state index contributed by atoms with van der Waals surface area (Å²) in [6.07, 6.45) is 0.732. The fraction of sp³-hybridized carbons (Fsp3) is 0.343. The second kappa shape index (κ2) is 18.1. The van der Waals surface area contributed by atoms with Crippen molar-refractivity contribution in [2.24, 2.45) is 17.4 Å². The number of rotatable bonds is 17. The van der Waals surface area contributed by atoms with Crippen molar-refractivity contribution in [2.45, 2.75) is 63.7 Å². The van der Waals surface area contributed by atoms with Crippen molar-refractivity contribution in [2.75, 3.05) is 6.54 Å². The van der Waals surface area contributed by atoms with E-state index in [4.69, 9.17) is 11.5 Å². The van der Waals surface area contributed by atoms with Gasteiger partial charge in [0.25, 0.3) is 0 Å². The van der Waals surface area contributed by atoms with Gasteiger partial charge in [0.1, 0.15) is 23.9 Å². The van der Waals surface area contributed by atoms with Crippen LogP contribution >= 0.6 is 0 Å². The summed E-state index contributed by atoms with van der Waals surface area (Å²) in [4.78, 5) is 64.7. The number of amides is 5. The van der Waals surface area contributed by atoms with E-state index in [-0.39, 0.29) is 30.9 Å². The van der Waals surface area contributed by atoms with E-state index in [1.165, 1.54) is 12.1 Å². The third-order valence-corrected chi connectivity index (χ3v) is 7.37. The molecule has 0 radical (unpaired) electrons. The van der Waals surface area contributed by atoms with E-state index in [2.05, 4.69) is 21.3 Å². The molecule has 0 heterocycles. The van der Waals surface area contributed by atoms with Gasteiger partial charge in [0, 0.05) is 12.8 Å². The van der Waals surface area contributed by atoms with Gasteiger partial charge in [-0.2, -0.15) is 0 Å². The molecule has 12 nitrogen and oxygen atoms in total. The SMILES string of the molecule is CC(C)C[C@H](NC(=O)CNC(=O)[C@H](Cc1ccccc1)NC(=O)[C@H](Cc1ccccc1)NC(=O)[C@@H](N)Cc1ccc(O)cc1)C(N)=O. The van der Waals surface area contributed by atoms with E-state index in [1.807, 2.05) is 50.2 Å². The molecule has 250 valence electrons. The number of hydrogen-bond acceptors (Lipinski definition) is 7. The van der Waals surface area contributed by atoms with Gasteiger partial charge in [-0.25, -0.2) is 0 Å². The molecule has 0 saturated carbocycles. The van der Waals surface area contributed by atoms with Gasteiger partial charge in [-0.3, -0.25) is 24.0 Å². The number of nitrogens with one attached hydrogen (secondary N) is 4. The maximum absolute atomic E-state index is 13.8. The number of carbonyl (C=O) groups excluding carboxylic acids is 5. The van der Waals surface area contributed by atoms with Gasteiger partial charge in [0.2, 0.25) is 29.5 Å². The molecular weight excluding hydrogens is 600 g/mol. The smallest absolute Gasteiger partial charge is 0.243 e. The summed E-state index contributed by atoms with van der Waals surface area (Å²) in [7, 11) is 0. The second-order valence-corrected chi connectivity index (χ2v) is 11.8. The van der Waals surface area contributed by atoms with Crippen molar-refractivity contribution in [3.8, 4) is 5.75 Å². The van der Waals surface area contributed by atoms with E-state index in [0.717, 1.165) is 16.7 Å². The average molecular weight is 645 g/mol. The molecule has 0 aromatic heterocycles. The van der Waals surface area contributed by atoms with Crippen LogP contribution in [0.4, 0.5) is 0 Å². The predicted octanol–water partition coefficient (Wildman–Crippen LogP) is 0.849. The third-order valence-electron chi connectivity index (χ3n) is 7.37. The molecule has 3 rings (SSSR count). The minimum atomic E-state index is -1.11. The lowest BCUT2D eigenvalue weighted by Crippen LogP contribution is -2.57. The van der Waals surface area contributed by atoms with Gasteiger partial charge < -0.3 is 37.8 Å². The maximum Gasteiger partial charge on any atom is 0.243 e. The number of phenolic OH excluding ortho intramolecular Hbond substituents is 1. The predicted molar refractivity (Wildman–Crippen MR) is 178 cm³/mol. The van der Waals surface area contributed by atoms with Crippen LogP contribution in [0, 0.1) is 5.92 Å². The van der Waals surface area contributed by atoms with Crippen LogP contribution in [0.3, 0.4) is 0 Å². The van der Waals surface area contributed by atoms with E-state index >= 15 is 0 Å². The minimum Gasteiger partial charge on any atom is -0.508 e. The molecular formula is C35H44N6O6. The van der Waals surface area contributed by atoms with E-state index in [1.54, 1.807) is 36.4 Å². The van der Waals surface area contributed by atoms with Crippen molar-refractivity contribution in [1.82, 2.24) is 21.3 Å². The topological polar surface area (TPSA) is 206 Å². The Morgan fingerprint density at radius 1 is 0.638 bits per heavy atom. The molecule has 0 aliphatic carbocycles. The first-order chi connectivity index (χ1) is 22.4. The molecule has 0 fully saturated rings. The Balaban J connectivity index is 1.75. The third kappa shape index (κ3) is 12.6. The Labute approximate surface area is 274 Å². The molecule has 0 spiro atoms. The van der Waals surface area contributed by atoms with E-state index in [0.29, 0.717) is 6.42 Å². The fourth-order valence-electron chi connectivity index (χ4n) is 4.90. The summed E-state index contributed by atoms with van der Waals surface area (Å²) < 4.78 is 0. The van der Waals surface area contributed by atoms with Gasteiger partial charge in [-0.15, -0.1) is 0 Å². The molecule has 4 atom stereocenters. The number of aromatic hydroxyl groups is 1. The molecule has 0 aliphatic heterocycles. The van der Waals surface area contributed by atoms with E-state index in [9.17, 15) is 29.1 Å². The molecule has 0 aliphatic rings. The number of hydrogen-bond donors (Lipinski definition) is 7. The van der Waals surface area contributed by atoms with Crippen molar-refractivity contribution in [3.63, 3.8) is 0 Å². The largest absolute Gasteiger partial charge is 0.508 e. The van der Waals surface area contributed by atoms with E-state index < -0.39 is 60.2 Å². The Kier molecular flexibility index (Phi) is 13.9. The highest BCUT2D eigenvalue weighted by Gasteiger charge is 2.29. The highest BCUT2D eigenvalue weighted by atomic mass is 16.3. The number of phenols is 1. The van der Waals surface area contributed by atoms with Crippen LogP contribution in [-0.2, 0) is 43.2 Å². The zero-order valence-corrected chi connectivity index (χ0v) is 26.6. The first kappa shape index (κ1) is 36.2. The van der Waals surface area contributed by atoms with Gasteiger partial charge in [-0.05, 0) is 47.6 Å². The summed E-state index contributed by atoms with van der Waals surface area (Å²) in [5.74, 6) is -2.93. The van der Waals surface area contributed by atoms with Gasteiger partial charge in [-0.1, -0.05) is 86.6 Å². The maximum atomic E-state index is 13.8. The monoisotopic (exact) mass is 644 g/mol. The fourth-order valence-corrected chi connectivity index (χ4v) is 4.90. The summed E-state index contributed by atoms with van der Waals surface area (Å²) in [6.45, 7) is 3.33.